The van der Waals surface area contributed by atoms with E-state index in [1.54, 1.807) is 0 Å². The predicted octanol–water partition coefficient (Wildman–Crippen LogP) is -2.26. The molecule has 0 aromatic carbocycles. The van der Waals surface area contributed by atoms with Crippen LogP contribution in [-0.2, 0) is 49.8 Å². The SMILES string of the molecule is O=[PH]=O.[O]=[Cr](=[O])([O-])[O-].[Zn+2]. The molecule has 0 aliphatic rings. The number of rotatable bonds is 0. The van der Waals surface area contributed by atoms with Gasteiger partial charge in [0.1, 0.15) is 0 Å². The fourth-order valence-electron chi connectivity index (χ4n) is 0. The van der Waals surface area contributed by atoms with Crippen LogP contribution in [0.25, 0.3) is 0 Å². The summed E-state index contributed by atoms with van der Waals surface area (Å²) < 4.78 is 51.2. The first-order valence-electron chi connectivity index (χ1n) is 1.07. The zero-order valence-electron chi connectivity index (χ0n) is 4.06. The van der Waals surface area contributed by atoms with Crippen molar-refractivity contribution >= 4 is 8.34 Å². The smallest absolute Gasteiger partial charge is 2.00 e. The molecule has 0 spiro atoms. The van der Waals surface area contributed by atoms with Crippen molar-refractivity contribution in [1.29, 1.82) is 0 Å². The molecule has 0 unspecified atom stereocenters. The minimum Gasteiger partial charge on any atom is 2.00 e. The van der Waals surface area contributed by atoms with E-state index >= 15 is 0 Å². The molecule has 0 aliphatic carbocycles. The molecular formula is HCrO6PZn. The van der Waals surface area contributed by atoms with Gasteiger partial charge in [0, 0.05) is 0 Å². The molecule has 9 heavy (non-hydrogen) atoms. The number of hydrogen-bond donors (Lipinski definition) is 0. The topological polar surface area (TPSA) is 114 Å². The van der Waals surface area contributed by atoms with E-state index in [2.05, 4.69) is 0 Å². The average Bonchev–Trinajstić information content (AvgIpc) is 1.27. The molecule has 9 heteroatoms. The molecule has 0 saturated heterocycles. The molecule has 0 rings (SSSR count). The van der Waals surface area contributed by atoms with E-state index in [-0.39, 0.29) is 19.5 Å². The molecule has 0 heterocycles. The Balaban J connectivity index is -0.0000000800. The second-order valence-electron chi connectivity index (χ2n) is 0.492. The van der Waals surface area contributed by atoms with Crippen molar-refractivity contribution < 1.29 is 58.1 Å². The van der Waals surface area contributed by atoms with Crippen LogP contribution < -0.4 is 8.32 Å². The quantitative estimate of drug-likeness (QED) is 0.351. The van der Waals surface area contributed by atoms with Crippen LogP contribution >= 0.6 is 8.34 Å². The van der Waals surface area contributed by atoms with Crippen molar-refractivity contribution in [2.75, 3.05) is 0 Å². The second kappa shape index (κ2) is 8.58. The summed E-state index contributed by atoms with van der Waals surface area (Å²) in [6.07, 6.45) is 0. The average molecular weight is 245 g/mol. The molecule has 0 aromatic rings. The number of hydrogen-bond acceptors (Lipinski definition) is 6. The van der Waals surface area contributed by atoms with Gasteiger partial charge in [-0.25, -0.2) is 9.13 Å². The minimum absolute atomic E-state index is 0. The zero-order valence-corrected chi connectivity index (χ0v) is 9.31. The maximum absolute atomic E-state index is 8.59. The molecule has 6 nitrogen and oxygen atoms in total. The molecule has 0 N–H and O–H groups in total. The molecule has 50 valence electrons. The summed E-state index contributed by atoms with van der Waals surface area (Å²) in [6, 6.07) is 0. The van der Waals surface area contributed by atoms with Crippen molar-refractivity contribution in [1.82, 2.24) is 0 Å². The normalized spacial score (nSPS) is 7.78. The zero-order chi connectivity index (χ0) is 7.21. The summed E-state index contributed by atoms with van der Waals surface area (Å²) in [5, 5.41) is 0. The Morgan fingerprint density at radius 1 is 1.11 bits per heavy atom. The van der Waals surface area contributed by atoms with E-state index in [1.165, 1.54) is 0 Å². The first-order valence-corrected chi connectivity index (χ1v) is 3.97. The summed E-state index contributed by atoms with van der Waals surface area (Å²) in [6.45, 7) is 0. The van der Waals surface area contributed by atoms with Crippen molar-refractivity contribution in [2.24, 2.45) is 0 Å². The fraction of sp³-hybridized carbons (Fsp3) is 0. The monoisotopic (exact) mass is 244 g/mol. The molecule has 0 bridgehead atoms. The summed E-state index contributed by atoms with van der Waals surface area (Å²) in [5.74, 6) is 0. The molecule has 0 amide bonds. The van der Waals surface area contributed by atoms with Gasteiger partial charge < -0.3 is 0 Å². The summed E-state index contributed by atoms with van der Waals surface area (Å²) in [5.41, 5.74) is 0. The molecule has 0 fully saturated rings. The van der Waals surface area contributed by atoms with Gasteiger partial charge in [0.25, 0.3) is 0 Å². The van der Waals surface area contributed by atoms with Gasteiger partial charge in [-0.05, 0) is 0 Å². The van der Waals surface area contributed by atoms with Crippen LogP contribution in [0.3, 0.4) is 0 Å². The van der Waals surface area contributed by atoms with Crippen LogP contribution in [0.2, 0.25) is 0 Å². The van der Waals surface area contributed by atoms with Crippen molar-refractivity contribution in [3.63, 3.8) is 0 Å². The molecule has 0 aliphatic heterocycles. The Kier molecular flexibility index (Phi) is 15.5. The Morgan fingerprint density at radius 2 is 1.11 bits per heavy atom. The van der Waals surface area contributed by atoms with Crippen LogP contribution in [-0.4, -0.2) is 0 Å². The second-order valence-corrected chi connectivity index (χ2v) is 1.93. The third kappa shape index (κ3) is 1120. The van der Waals surface area contributed by atoms with Gasteiger partial charge in [0.05, 0.1) is 0 Å². The predicted molar refractivity (Wildman–Crippen MR) is 11.1 cm³/mol. The van der Waals surface area contributed by atoms with E-state index < -0.39 is 22.0 Å². The third-order valence-electron chi connectivity index (χ3n) is 0. The Hall–Kier alpha value is 0.576. The van der Waals surface area contributed by atoms with E-state index in [1.807, 2.05) is 0 Å². The maximum Gasteiger partial charge on any atom is 2.00 e. The van der Waals surface area contributed by atoms with Gasteiger partial charge in [0.15, 0.2) is 0 Å². The molecule has 0 atom stereocenters. The minimum atomic E-state index is -5.75. The van der Waals surface area contributed by atoms with Crippen LogP contribution in [0, 0.1) is 0 Å². The van der Waals surface area contributed by atoms with Gasteiger partial charge in [-0.2, -0.15) is 0 Å². The van der Waals surface area contributed by atoms with Gasteiger partial charge in [-0.15, -0.1) is 0 Å². The fourth-order valence-corrected chi connectivity index (χ4v) is 0. The van der Waals surface area contributed by atoms with Crippen LogP contribution in [0.1, 0.15) is 0 Å². The van der Waals surface area contributed by atoms with E-state index in [0.29, 0.717) is 0 Å². The van der Waals surface area contributed by atoms with Gasteiger partial charge >= 0.3 is 57.4 Å². The van der Waals surface area contributed by atoms with Crippen molar-refractivity contribution in [2.45, 2.75) is 0 Å². The van der Waals surface area contributed by atoms with Crippen molar-refractivity contribution in [3.05, 3.63) is 0 Å². The first kappa shape index (κ1) is 16.3. The Labute approximate surface area is 66.6 Å². The van der Waals surface area contributed by atoms with Crippen LogP contribution in [0.4, 0.5) is 0 Å². The Morgan fingerprint density at radius 3 is 1.11 bits per heavy atom. The van der Waals surface area contributed by atoms with E-state index in [4.69, 9.17) is 25.1 Å². The molecule has 0 aromatic heterocycles. The van der Waals surface area contributed by atoms with Crippen LogP contribution in [0.15, 0.2) is 0 Å². The first-order chi connectivity index (χ1) is 3.41. The maximum atomic E-state index is 8.59. The summed E-state index contributed by atoms with van der Waals surface area (Å²) >= 11 is -5.75. The van der Waals surface area contributed by atoms with Crippen molar-refractivity contribution in [3.8, 4) is 0 Å². The summed E-state index contributed by atoms with van der Waals surface area (Å²) in [7, 11) is -1.42. The van der Waals surface area contributed by atoms with Gasteiger partial charge in [0.2, 0.25) is 0 Å². The molecule has 0 radical (unpaired) electrons. The van der Waals surface area contributed by atoms with E-state index in [0.717, 1.165) is 0 Å². The standard InChI is InChI=1S/Cr.HO2P.4O.Zn/c;1-3-2;;;;;/h;3H;;;;;/q;;;;2*-1;+2. The molecular weight excluding hydrogens is 244 g/mol. The largest absolute Gasteiger partial charge is 2.00 e. The molecule has 0 saturated carbocycles. The van der Waals surface area contributed by atoms with Gasteiger partial charge in [-0.3, -0.25) is 0 Å². The van der Waals surface area contributed by atoms with Gasteiger partial charge in [-0.1, -0.05) is 0 Å². The van der Waals surface area contributed by atoms with Crippen LogP contribution in [0.5, 0.6) is 0 Å². The summed E-state index contributed by atoms with van der Waals surface area (Å²) in [4.78, 5) is 0. The van der Waals surface area contributed by atoms with E-state index in [9.17, 15) is 0 Å². The Bertz CT molecular complexity index is 153. The third-order valence-corrected chi connectivity index (χ3v) is 0.